The number of esters is 1. The Kier molecular flexibility index (Phi) is 6.68. The Labute approximate surface area is 171 Å². The maximum atomic E-state index is 12.9. The molecule has 1 aliphatic rings. The molecule has 1 heterocycles. The number of ether oxygens (including phenoxy) is 4. The third-order valence-corrected chi connectivity index (χ3v) is 3.93. The van der Waals surface area contributed by atoms with E-state index in [4.69, 9.17) is 18.9 Å². The zero-order valence-electron chi connectivity index (χ0n) is 15.9. The lowest BCUT2D eigenvalue weighted by molar-refractivity contribution is -0.155. The Morgan fingerprint density at radius 3 is 2.53 bits per heavy atom. The minimum Gasteiger partial charge on any atom is -0.485 e. The molecule has 2 aromatic rings. The largest absolute Gasteiger partial charge is 0.485 e. The molecule has 0 spiro atoms. The van der Waals surface area contributed by atoms with Gasteiger partial charge in [-0.25, -0.2) is 9.18 Å². The number of nitrogens with one attached hydrogen (secondary N) is 2. The van der Waals surface area contributed by atoms with Crippen molar-refractivity contribution in [3.63, 3.8) is 0 Å². The summed E-state index contributed by atoms with van der Waals surface area (Å²) in [6.07, 6.45) is -1.97. The Balaban J connectivity index is 1.37. The van der Waals surface area contributed by atoms with Crippen LogP contribution < -0.4 is 25.1 Å². The summed E-state index contributed by atoms with van der Waals surface area (Å²) in [6.45, 7) is 0.761. The van der Waals surface area contributed by atoms with E-state index in [-0.39, 0.29) is 12.4 Å². The second-order valence-electron chi connectivity index (χ2n) is 6.22. The number of rotatable bonds is 6. The smallest absolute Gasteiger partial charge is 0.347 e. The van der Waals surface area contributed by atoms with Gasteiger partial charge in [-0.1, -0.05) is 12.1 Å². The van der Waals surface area contributed by atoms with Gasteiger partial charge in [0.1, 0.15) is 18.2 Å². The molecule has 0 bridgehead atoms. The summed E-state index contributed by atoms with van der Waals surface area (Å²) < 4.78 is 33.9. The predicted octanol–water partition coefficient (Wildman–Crippen LogP) is 1.12. The number of amides is 2. The molecule has 2 aromatic carbocycles. The van der Waals surface area contributed by atoms with Crippen molar-refractivity contribution in [2.45, 2.75) is 19.1 Å². The molecular formula is C20H19FN2O7. The topological polar surface area (TPSA) is 112 Å². The fourth-order valence-electron chi connectivity index (χ4n) is 2.42. The second kappa shape index (κ2) is 9.59. The van der Waals surface area contributed by atoms with Gasteiger partial charge in [-0.05, 0) is 43.3 Å². The van der Waals surface area contributed by atoms with Gasteiger partial charge in [0, 0.05) is 0 Å². The summed E-state index contributed by atoms with van der Waals surface area (Å²) in [5, 5.41) is 0. The SMILES string of the molecule is C[C@@H](Oc1ccc(F)cc1)C(=O)OCC(=O)NNC(=O)[C@H]1COc2ccccc2O1. The third-order valence-electron chi connectivity index (χ3n) is 3.93. The number of carbonyl (C=O) groups is 3. The molecule has 0 aliphatic carbocycles. The predicted molar refractivity (Wildman–Crippen MR) is 100 cm³/mol. The number of hydrogen-bond donors (Lipinski definition) is 2. The van der Waals surface area contributed by atoms with Gasteiger partial charge in [0.15, 0.2) is 24.2 Å². The molecule has 2 amide bonds. The van der Waals surface area contributed by atoms with E-state index in [0.717, 1.165) is 0 Å². The van der Waals surface area contributed by atoms with E-state index in [1.807, 2.05) is 0 Å². The number of carbonyl (C=O) groups excluding carboxylic acids is 3. The first-order valence-electron chi connectivity index (χ1n) is 8.98. The highest BCUT2D eigenvalue weighted by atomic mass is 19.1. The van der Waals surface area contributed by atoms with Crippen molar-refractivity contribution in [1.82, 2.24) is 10.9 Å². The summed E-state index contributed by atoms with van der Waals surface area (Å²) >= 11 is 0. The maximum Gasteiger partial charge on any atom is 0.347 e. The van der Waals surface area contributed by atoms with E-state index in [1.54, 1.807) is 24.3 Å². The van der Waals surface area contributed by atoms with Gasteiger partial charge in [0.05, 0.1) is 0 Å². The van der Waals surface area contributed by atoms with Crippen LogP contribution in [0.2, 0.25) is 0 Å². The highest BCUT2D eigenvalue weighted by Gasteiger charge is 2.27. The van der Waals surface area contributed by atoms with Crippen LogP contribution in [0.4, 0.5) is 4.39 Å². The van der Waals surface area contributed by atoms with Crippen LogP contribution in [0.15, 0.2) is 48.5 Å². The van der Waals surface area contributed by atoms with Crippen molar-refractivity contribution in [3.8, 4) is 17.2 Å². The summed E-state index contributed by atoms with van der Waals surface area (Å²) in [5.41, 5.74) is 4.30. The van der Waals surface area contributed by atoms with Crippen molar-refractivity contribution in [3.05, 3.63) is 54.3 Å². The molecule has 3 rings (SSSR count). The van der Waals surface area contributed by atoms with Crippen molar-refractivity contribution < 1.29 is 37.7 Å². The lowest BCUT2D eigenvalue weighted by Crippen LogP contribution is -2.51. The molecule has 158 valence electrons. The zero-order valence-corrected chi connectivity index (χ0v) is 15.9. The average molecular weight is 418 g/mol. The van der Waals surface area contributed by atoms with Crippen LogP contribution in [0.1, 0.15) is 6.92 Å². The molecule has 0 radical (unpaired) electrons. The quantitative estimate of drug-likeness (QED) is 0.534. The molecule has 0 unspecified atom stereocenters. The van der Waals surface area contributed by atoms with Gasteiger partial charge >= 0.3 is 5.97 Å². The standard InChI is InChI=1S/C20H19FN2O7/c1-12(29-14-8-6-13(21)7-9-14)20(26)28-11-18(24)22-23-19(25)17-10-27-15-4-2-3-5-16(15)30-17/h2-9,12,17H,10-11H2,1H3,(H,22,24)(H,23,25)/t12-,17-/m1/s1. The first kappa shape index (κ1) is 20.9. The minimum atomic E-state index is -1.02. The van der Waals surface area contributed by atoms with Gasteiger partial charge in [0.2, 0.25) is 6.10 Å². The minimum absolute atomic E-state index is 0.0219. The van der Waals surface area contributed by atoms with Crippen LogP contribution in [0.25, 0.3) is 0 Å². The number of fused-ring (bicyclic) bond motifs is 1. The fraction of sp³-hybridized carbons (Fsp3) is 0.250. The molecule has 2 N–H and O–H groups in total. The van der Waals surface area contributed by atoms with E-state index in [9.17, 15) is 18.8 Å². The summed E-state index contributed by atoms with van der Waals surface area (Å²) in [7, 11) is 0. The number of hydrogen-bond acceptors (Lipinski definition) is 7. The molecule has 0 saturated heterocycles. The summed E-state index contributed by atoms with van der Waals surface area (Å²) in [6, 6.07) is 12.0. The Hall–Kier alpha value is -3.82. The van der Waals surface area contributed by atoms with Crippen LogP contribution in [-0.4, -0.2) is 43.2 Å². The molecule has 10 heteroatoms. The molecule has 0 aromatic heterocycles. The van der Waals surface area contributed by atoms with E-state index >= 15 is 0 Å². The number of hydrazine groups is 1. The molecule has 1 aliphatic heterocycles. The van der Waals surface area contributed by atoms with Crippen LogP contribution in [0.5, 0.6) is 17.2 Å². The van der Waals surface area contributed by atoms with E-state index in [1.165, 1.54) is 31.2 Å². The van der Waals surface area contributed by atoms with Crippen molar-refractivity contribution in [2.24, 2.45) is 0 Å². The number of benzene rings is 2. The third kappa shape index (κ3) is 5.60. The lowest BCUT2D eigenvalue weighted by Gasteiger charge is -2.25. The number of halogens is 1. The second-order valence-corrected chi connectivity index (χ2v) is 6.22. The first-order valence-corrected chi connectivity index (χ1v) is 8.98. The van der Waals surface area contributed by atoms with E-state index in [0.29, 0.717) is 11.5 Å². The molecule has 0 saturated carbocycles. The molecule has 9 nitrogen and oxygen atoms in total. The first-order chi connectivity index (χ1) is 14.4. The van der Waals surface area contributed by atoms with Gasteiger partial charge in [-0.15, -0.1) is 0 Å². The van der Waals surface area contributed by atoms with Gasteiger partial charge in [-0.2, -0.15) is 0 Å². The summed E-state index contributed by atoms with van der Waals surface area (Å²) in [4.78, 5) is 35.8. The maximum absolute atomic E-state index is 12.9. The normalized spacial score (nSPS) is 15.5. The monoisotopic (exact) mass is 418 g/mol. The van der Waals surface area contributed by atoms with E-state index in [2.05, 4.69) is 10.9 Å². The average Bonchev–Trinajstić information content (AvgIpc) is 2.76. The fourth-order valence-corrected chi connectivity index (χ4v) is 2.42. The van der Waals surface area contributed by atoms with Crippen molar-refractivity contribution in [2.75, 3.05) is 13.2 Å². The van der Waals surface area contributed by atoms with Crippen molar-refractivity contribution >= 4 is 17.8 Å². The lowest BCUT2D eigenvalue weighted by atomic mass is 10.2. The van der Waals surface area contributed by atoms with Gasteiger partial charge in [0.25, 0.3) is 11.8 Å². The van der Waals surface area contributed by atoms with Crippen molar-refractivity contribution in [1.29, 1.82) is 0 Å². The van der Waals surface area contributed by atoms with Crippen LogP contribution in [0.3, 0.4) is 0 Å². The molecule has 30 heavy (non-hydrogen) atoms. The van der Waals surface area contributed by atoms with Gasteiger partial charge < -0.3 is 18.9 Å². The Morgan fingerprint density at radius 2 is 1.80 bits per heavy atom. The number of para-hydroxylation sites is 2. The molecule has 0 fully saturated rings. The van der Waals surface area contributed by atoms with Crippen LogP contribution in [-0.2, 0) is 19.1 Å². The highest BCUT2D eigenvalue weighted by Crippen LogP contribution is 2.30. The zero-order chi connectivity index (χ0) is 21.5. The Bertz CT molecular complexity index is 920. The van der Waals surface area contributed by atoms with Crippen LogP contribution in [0, 0.1) is 5.82 Å². The Morgan fingerprint density at radius 1 is 1.10 bits per heavy atom. The molecular weight excluding hydrogens is 399 g/mol. The van der Waals surface area contributed by atoms with E-state index < -0.39 is 42.4 Å². The highest BCUT2D eigenvalue weighted by molar-refractivity contribution is 5.86. The van der Waals surface area contributed by atoms with Gasteiger partial charge in [-0.3, -0.25) is 20.4 Å². The van der Waals surface area contributed by atoms with Crippen LogP contribution >= 0.6 is 0 Å². The summed E-state index contributed by atoms with van der Waals surface area (Å²) in [5.74, 6) is -1.42. The molecule has 2 atom stereocenters.